The Morgan fingerprint density at radius 1 is 0.379 bits per heavy atom. The predicted molar refractivity (Wildman–Crippen MR) is 221 cm³/mol. The van der Waals surface area contributed by atoms with Gasteiger partial charge in [0.1, 0.15) is 12.4 Å². The van der Waals surface area contributed by atoms with Gasteiger partial charge in [-0.1, -0.05) is 52.2 Å². The van der Waals surface area contributed by atoms with E-state index in [1.807, 2.05) is 0 Å². The minimum absolute atomic E-state index is 0.0231. The Morgan fingerprint density at radius 2 is 0.655 bits per heavy atom. The minimum atomic E-state index is 0.0231. The summed E-state index contributed by atoms with van der Waals surface area (Å²) in [6, 6.07) is 8.57. The van der Waals surface area contributed by atoms with Gasteiger partial charge in [0.15, 0.2) is 0 Å². The largest absolute Gasteiger partial charge is 0.491 e. The van der Waals surface area contributed by atoms with E-state index >= 15 is 0 Å². The highest BCUT2D eigenvalue weighted by Gasteiger charge is 2.23. The van der Waals surface area contributed by atoms with Crippen molar-refractivity contribution in [2.45, 2.75) is 58.3 Å². The minimum Gasteiger partial charge on any atom is -0.491 e. The molecule has 0 saturated carbocycles. The highest BCUT2D eigenvalue weighted by Crippen LogP contribution is 2.34. The third kappa shape index (κ3) is 35.2. The third-order valence-corrected chi connectivity index (χ3v) is 8.86. The summed E-state index contributed by atoms with van der Waals surface area (Å²) in [6.45, 7) is 20.3. The second-order valence-electron chi connectivity index (χ2n) is 13.4. The van der Waals surface area contributed by atoms with Crippen LogP contribution in [-0.2, 0) is 67.0 Å². The maximum absolute atomic E-state index is 8.60. The average Bonchev–Trinajstić information content (AvgIpc) is 3.24. The lowest BCUT2D eigenvalue weighted by Crippen LogP contribution is -2.20. The number of unbranched alkanes of at least 4 members (excludes halogenated alkanes) is 2. The Morgan fingerprint density at radius 3 is 0.914 bits per heavy atom. The third-order valence-electron chi connectivity index (χ3n) is 8.86. The zero-order valence-electron chi connectivity index (χ0n) is 36.3. The monoisotopic (exact) mass is 837 g/mol. The van der Waals surface area contributed by atoms with Gasteiger partial charge in [-0.2, -0.15) is 0 Å². The molecule has 342 valence electrons. The first-order valence-electron chi connectivity index (χ1n) is 21.5. The molecule has 1 unspecified atom stereocenters. The van der Waals surface area contributed by atoms with Crippen LogP contribution in [0.15, 0.2) is 24.3 Å². The summed E-state index contributed by atoms with van der Waals surface area (Å²) in [5, 5.41) is 8.60. The van der Waals surface area contributed by atoms with Gasteiger partial charge in [0.05, 0.1) is 178 Å². The first-order valence-corrected chi connectivity index (χ1v) is 21.5. The van der Waals surface area contributed by atoms with Crippen molar-refractivity contribution in [2.24, 2.45) is 0 Å². The molecule has 15 heteroatoms. The van der Waals surface area contributed by atoms with E-state index in [2.05, 4.69) is 45.0 Å². The molecule has 1 aromatic rings. The molecule has 58 heavy (non-hydrogen) atoms. The van der Waals surface area contributed by atoms with Crippen molar-refractivity contribution < 1.29 is 71.4 Å². The van der Waals surface area contributed by atoms with E-state index in [1.165, 1.54) is 31.2 Å². The van der Waals surface area contributed by atoms with Crippen molar-refractivity contribution in [3.05, 3.63) is 29.8 Å². The van der Waals surface area contributed by atoms with Crippen LogP contribution in [0.1, 0.15) is 58.4 Å². The molecule has 0 aliphatic rings. The normalized spacial score (nSPS) is 12.7. The first-order chi connectivity index (χ1) is 28.7. The fraction of sp³-hybridized carbons (Fsp3) is 0.860. The predicted octanol–water partition coefficient (Wildman–Crippen LogP) is 4.52. The molecule has 0 aliphatic heterocycles. The molecule has 0 aromatic heterocycles. The van der Waals surface area contributed by atoms with Crippen LogP contribution in [-0.4, -0.2) is 190 Å². The second kappa shape index (κ2) is 43.5. The van der Waals surface area contributed by atoms with E-state index in [0.717, 1.165) is 12.2 Å². The van der Waals surface area contributed by atoms with Crippen LogP contribution in [0.4, 0.5) is 0 Å². The molecule has 0 spiro atoms. The van der Waals surface area contributed by atoms with E-state index < -0.39 is 0 Å². The standard InChI is InChI=1S/C43H80O15/c1-4-6-7-12-43(3,5-2)41-8-10-42(11-9-41)58-40-39-57-38-37-56-36-35-55-34-33-54-32-31-53-30-29-52-28-27-51-26-25-50-24-23-49-22-21-48-20-19-47-18-17-46-16-15-45-14-13-44/h8-11,44H,4-7,12-40H2,1-3H3. The smallest absolute Gasteiger partial charge is 0.119 e. The molecule has 1 N–H and O–H groups in total. The maximum atomic E-state index is 8.60. The number of rotatable bonds is 48. The van der Waals surface area contributed by atoms with Crippen molar-refractivity contribution in [1.29, 1.82) is 0 Å². The number of benzene rings is 1. The van der Waals surface area contributed by atoms with Gasteiger partial charge in [0, 0.05) is 0 Å². The quantitative estimate of drug-likeness (QED) is 0.0917. The molecule has 0 amide bonds. The number of aliphatic hydroxyl groups is 1. The molecule has 1 rings (SSSR count). The highest BCUT2D eigenvalue weighted by molar-refractivity contribution is 5.32. The van der Waals surface area contributed by atoms with E-state index in [4.69, 9.17) is 71.4 Å². The number of ether oxygens (including phenoxy) is 14. The Balaban J connectivity index is 1.70. The van der Waals surface area contributed by atoms with Gasteiger partial charge < -0.3 is 71.4 Å². The van der Waals surface area contributed by atoms with Crippen LogP contribution in [0.5, 0.6) is 5.75 Å². The van der Waals surface area contributed by atoms with Crippen molar-refractivity contribution in [3.8, 4) is 5.75 Å². The van der Waals surface area contributed by atoms with Gasteiger partial charge in [-0.05, 0) is 36.0 Å². The molecule has 15 nitrogen and oxygen atoms in total. The van der Waals surface area contributed by atoms with Gasteiger partial charge in [-0.3, -0.25) is 0 Å². The van der Waals surface area contributed by atoms with E-state index in [9.17, 15) is 0 Å². The number of hydrogen-bond donors (Lipinski definition) is 1. The van der Waals surface area contributed by atoms with Crippen molar-refractivity contribution in [1.82, 2.24) is 0 Å². The molecule has 1 atom stereocenters. The van der Waals surface area contributed by atoms with Crippen LogP contribution < -0.4 is 4.74 Å². The lowest BCUT2D eigenvalue weighted by molar-refractivity contribution is -0.0293. The van der Waals surface area contributed by atoms with Gasteiger partial charge >= 0.3 is 0 Å². The van der Waals surface area contributed by atoms with Crippen LogP contribution >= 0.6 is 0 Å². The molecule has 0 radical (unpaired) electrons. The summed E-state index contributed by atoms with van der Waals surface area (Å²) < 4.78 is 76.9. The fourth-order valence-electron chi connectivity index (χ4n) is 5.27. The summed E-state index contributed by atoms with van der Waals surface area (Å²) in [5.41, 5.74) is 1.62. The highest BCUT2D eigenvalue weighted by atomic mass is 16.6. The SMILES string of the molecule is CCCCCC(C)(CC)c1ccc(OCCOCCOCCOCCOCCOCCOCCOCCOCCOCCOCCOCCOCCOCCO)cc1. The Hall–Kier alpha value is -1.54. The Bertz CT molecular complexity index is 945. The van der Waals surface area contributed by atoms with Crippen LogP contribution in [0.3, 0.4) is 0 Å². The zero-order chi connectivity index (χ0) is 41.7. The van der Waals surface area contributed by atoms with Crippen molar-refractivity contribution in [2.75, 3.05) is 185 Å². The van der Waals surface area contributed by atoms with Crippen LogP contribution in [0, 0.1) is 0 Å². The Kier molecular flexibility index (Phi) is 40.9. The lowest BCUT2D eigenvalue weighted by Gasteiger charge is -2.29. The molecule has 0 heterocycles. The van der Waals surface area contributed by atoms with Crippen LogP contribution in [0.2, 0.25) is 0 Å². The molecule has 0 bridgehead atoms. The molecule has 0 fully saturated rings. The maximum Gasteiger partial charge on any atom is 0.119 e. The van der Waals surface area contributed by atoms with E-state index in [0.29, 0.717) is 178 Å². The topological polar surface area (TPSA) is 149 Å². The van der Waals surface area contributed by atoms with E-state index in [-0.39, 0.29) is 12.0 Å². The average molecular weight is 837 g/mol. The van der Waals surface area contributed by atoms with E-state index in [1.54, 1.807) is 0 Å². The zero-order valence-corrected chi connectivity index (χ0v) is 36.3. The van der Waals surface area contributed by atoms with Gasteiger partial charge in [0.2, 0.25) is 0 Å². The molecule has 1 aromatic carbocycles. The van der Waals surface area contributed by atoms with Crippen LogP contribution in [0.25, 0.3) is 0 Å². The number of aliphatic hydroxyl groups excluding tert-OH is 1. The van der Waals surface area contributed by atoms with Crippen molar-refractivity contribution in [3.63, 3.8) is 0 Å². The molecular formula is C43H80O15. The second-order valence-corrected chi connectivity index (χ2v) is 13.4. The number of hydrogen-bond acceptors (Lipinski definition) is 15. The van der Waals surface area contributed by atoms with Crippen molar-refractivity contribution >= 4 is 0 Å². The van der Waals surface area contributed by atoms with Gasteiger partial charge in [-0.15, -0.1) is 0 Å². The summed E-state index contributed by atoms with van der Waals surface area (Å²) in [5.74, 6) is 0.877. The molecular weight excluding hydrogens is 756 g/mol. The fourth-order valence-corrected chi connectivity index (χ4v) is 5.27. The summed E-state index contributed by atoms with van der Waals surface area (Å²) in [7, 11) is 0. The summed E-state index contributed by atoms with van der Waals surface area (Å²) >= 11 is 0. The summed E-state index contributed by atoms with van der Waals surface area (Å²) in [6.07, 6.45) is 6.18. The molecule has 0 aliphatic carbocycles. The summed E-state index contributed by atoms with van der Waals surface area (Å²) in [4.78, 5) is 0. The van der Waals surface area contributed by atoms with Gasteiger partial charge in [-0.25, -0.2) is 0 Å². The lowest BCUT2D eigenvalue weighted by atomic mass is 9.76. The molecule has 0 saturated heterocycles. The van der Waals surface area contributed by atoms with Gasteiger partial charge in [0.25, 0.3) is 0 Å². The first kappa shape index (κ1) is 54.5. The Labute approximate surface area is 349 Å².